The smallest absolute Gasteiger partial charge is 0.249 e. The number of ether oxygens (including phenoxy) is 1. The molecule has 5 heteroatoms. The van der Waals surface area contributed by atoms with Crippen molar-refractivity contribution in [3.63, 3.8) is 0 Å². The van der Waals surface area contributed by atoms with Gasteiger partial charge in [-0.05, 0) is 31.0 Å². The van der Waals surface area contributed by atoms with E-state index in [4.69, 9.17) is 4.74 Å². The van der Waals surface area contributed by atoms with Gasteiger partial charge in [-0.1, -0.05) is 6.07 Å². The third kappa shape index (κ3) is 1.72. The van der Waals surface area contributed by atoms with E-state index in [2.05, 4.69) is 5.32 Å². The molecule has 3 rings (SSSR count). The maximum Gasteiger partial charge on any atom is 0.249 e. The first-order valence-electron chi connectivity index (χ1n) is 5.99. The van der Waals surface area contributed by atoms with Crippen LogP contribution in [0.2, 0.25) is 0 Å². The first-order chi connectivity index (χ1) is 8.65. The van der Waals surface area contributed by atoms with Crippen molar-refractivity contribution in [3.05, 3.63) is 23.8 Å². The van der Waals surface area contributed by atoms with Crippen molar-refractivity contribution >= 4 is 17.5 Å². The Bertz CT molecular complexity index is 527. The molecule has 1 atom stereocenters. The van der Waals surface area contributed by atoms with Gasteiger partial charge in [0, 0.05) is 6.42 Å². The normalized spacial score (nSPS) is 22.5. The molecule has 0 saturated carbocycles. The van der Waals surface area contributed by atoms with Crippen LogP contribution in [0.15, 0.2) is 18.2 Å². The predicted octanol–water partition coefficient (Wildman–Crippen LogP) is 0.957. The summed E-state index contributed by atoms with van der Waals surface area (Å²) in [6, 6.07) is 5.60. The van der Waals surface area contributed by atoms with Crippen molar-refractivity contribution in [2.24, 2.45) is 0 Å². The van der Waals surface area contributed by atoms with Gasteiger partial charge in [-0.2, -0.15) is 0 Å². The number of hydrogen-bond donors (Lipinski definition) is 1. The minimum absolute atomic E-state index is 0.194. The van der Waals surface area contributed by atoms with Crippen molar-refractivity contribution in [1.29, 1.82) is 0 Å². The highest BCUT2D eigenvalue weighted by Gasteiger charge is 2.35. The van der Waals surface area contributed by atoms with Gasteiger partial charge in [0.15, 0.2) is 6.73 Å². The van der Waals surface area contributed by atoms with Crippen molar-refractivity contribution in [2.45, 2.75) is 25.8 Å². The van der Waals surface area contributed by atoms with Crippen LogP contribution in [0.5, 0.6) is 5.75 Å². The Kier molecular flexibility index (Phi) is 2.47. The Morgan fingerprint density at radius 2 is 2.22 bits per heavy atom. The number of benzene rings is 1. The average molecular weight is 246 g/mol. The number of carbonyl (C=O) groups is 2. The van der Waals surface area contributed by atoms with Crippen LogP contribution in [0.3, 0.4) is 0 Å². The largest absolute Gasteiger partial charge is 0.471 e. The van der Waals surface area contributed by atoms with Gasteiger partial charge in [-0.15, -0.1) is 0 Å². The highest BCUT2D eigenvalue weighted by Crippen LogP contribution is 2.36. The van der Waals surface area contributed by atoms with E-state index in [1.807, 2.05) is 30.0 Å². The van der Waals surface area contributed by atoms with E-state index in [9.17, 15) is 9.59 Å². The highest BCUT2D eigenvalue weighted by atomic mass is 16.5. The van der Waals surface area contributed by atoms with Gasteiger partial charge >= 0.3 is 0 Å². The molecule has 2 heterocycles. The molecule has 0 aromatic heterocycles. The molecule has 0 radical (unpaired) electrons. The van der Waals surface area contributed by atoms with Gasteiger partial charge in [0.1, 0.15) is 11.8 Å². The first kappa shape index (κ1) is 11.1. The molecule has 2 amide bonds. The summed E-state index contributed by atoms with van der Waals surface area (Å²) in [6.45, 7) is 2.36. The number of nitrogens with one attached hydrogen (secondary N) is 1. The minimum atomic E-state index is -0.313. The van der Waals surface area contributed by atoms with E-state index in [1.54, 1.807) is 0 Å². The molecule has 5 nitrogen and oxygen atoms in total. The number of carbonyl (C=O) groups excluding carboxylic acids is 2. The Morgan fingerprint density at radius 3 is 3.00 bits per heavy atom. The number of piperidine rings is 1. The number of amides is 2. The van der Waals surface area contributed by atoms with Crippen molar-refractivity contribution in [2.75, 3.05) is 11.6 Å². The zero-order valence-corrected chi connectivity index (χ0v) is 10.1. The summed E-state index contributed by atoms with van der Waals surface area (Å²) < 4.78 is 5.58. The van der Waals surface area contributed by atoms with Crippen LogP contribution < -0.4 is 15.0 Å². The number of anilines is 1. The molecular weight excluding hydrogens is 232 g/mol. The van der Waals surface area contributed by atoms with Gasteiger partial charge in [-0.25, -0.2) is 0 Å². The van der Waals surface area contributed by atoms with E-state index in [-0.39, 0.29) is 17.9 Å². The molecule has 1 aromatic rings. The van der Waals surface area contributed by atoms with Gasteiger partial charge in [0.05, 0.1) is 5.69 Å². The molecule has 1 fully saturated rings. The van der Waals surface area contributed by atoms with E-state index >= 15 is 0 Å². The lowest BCUT2D eigenvalue weighted by atomic mass is 10.0. The second-order valence-corrected chi connectivity index (χ2v) is 4.68. The molecule has 0 aliphatic carbocycles. The van der Waals surface area contributed by atoms with Gasteiger partial charge in [0.25, 0.3) is 0 Å². The third-order valence-electron chi connectivity index (χ3n) is 3.37. The molecule has 1 N–H and O–H groups in total. The van der Waals surface area contributed by atoms with E-state index < -0.39 is 0 Å². The van der Waals surface area contributed by atoms with Crippen LogP contribution >= 0.6 is 0 Å². The van der Waals surface area contributed by atoms with Crippen LogP contribution in [-0.4, -0.2) is 24.6 Å². The monoisotopic (exact) mass is 246 g/mol. The molecular formula is C13H14N2O3. The molecule has 1 aromatic carbocycles. The Balaban J connectivity index is 1.88. The maximum atomic E-state index is 11.8. The Labute approximate surface area is 105 Å². The molecule has 94 valence electrons. The number of nitrogens with zero attached hydrogens (tertiary/aromatic N) is 1. The fourth-order valence-corrected chi connectivity index (χ4v) is 2.42. The number of aryl methyl sites for hydroxylation is 1. The third-order valence-corrected chi connectivity index (χ3v) is 3.37. The molecule has 2 aliphatic heterocycles. The SMILES string of the molecule is Cc1ccc2c(c1)OCN2C1CCC(=O)NC1=O. The predicted molar refractivity (Wildman–Crippen MR) is 65.3 cm³/mol. The van der Waals surface area contributed by atoms with E-state index in [1.165, 1.54) is 0 Å². The lowest BCUT2D eigenvalue weighted by Gasteiger charge is -2.29. The Hall–Kier alpha value is -2.04. The minimum Gasteiger partial charge on any atom is -0.471 e. The quantitative estimate of drug-likeness (QED) is 0.750. The molecule has 2 aliphatic rings. The lowest BCUT2D eigenvalue weighted by Crippen LogP contribution is -2.52. The maximum absolute atomic E-state index is 11.8. The van der Waals surface area contributed by atoms with Crippen LogP contribution in [0, 0.1) is 6.92 Å². The summed E-state index contributed by atoms with van der Waals surface area (Å²) in [5.41, 5.74) is 2.05. The van der Waals surface area contributed by atoms with E-state index in [0.29, 0.717) is 19.6 Å². The second-order valence-electron chi connectivity index (χ2n) is 4.68. The number of hydrogen-bond acceptors (Lipinski definition) is 4. The van der Waals surface area contributed by atoms with Crippen molar-refractivity contribution < 1.29 is 14.3 Å². The molecule has 1 unspecified atom stereocenters. The second kappa shape index (κ2) is 4.01. The molecule has 1 saturated heterocycles. The number of imide groups is 1. The zero-order chi connectivity index (χ0) is 12.7. The van der Waals surface area contributed by atoms with Crippen LogP contribution in [-0.2, 0) is 9.59 Å². The summed E-state index contributed by atoms with van der Waals surface area (Å²) in [7, 11) is 0. The van der Waals surface area contributed by atoms with Gasteiger partial charge in [0.2, 0.25) is 11.8 Å². The number of fused-ring (bicyclic) bond motifs is 1. The lowest BCUT2D eigenvalue weighted by molar-refractivity contribution is -0.134. The summed E-state index contributed by atoms with van der Waals surface area (Å²) in [6.07, 6.45) is 0.926. The zero-order valence-electron chi connectivity index (χ0n) is 10.1. The molecule has 0 bridgehead atoms. The van der Waals surface area contributed by atoms with Crippen LogP contribution in [0.1, 0.15) is 18.4 Å². The summed E-state index contributed by atoms with van der Waals surface area (Å²) in [4.78, 5) is 24.9. The molecule has 18 heavy (non-hydrogen) atoms. The molecule has 0 spiro atoms. The van der Waals surface area contributed by atoms with E-state index in [0.717, 1.165) is 17.0 Å². The topological polar surface area (TPSA) is 58.6 Å². The average Bonchev–Trinajstić information content (AvgIpc) is 2.72. The van der Waals surface area contributed by atoms with Crippen molar-refractivity contribution in [3.8, 4) is 5.75 Å². The van der Waals surface area contributed by atoms with Crippen molar-refractivity contribution in [1.82, 2.24) is 5.32 Å². The number of rotatable bonds is 1. The first-order valence-corrected chi connectivity index (χ1v) is 5.99. The summed E-state index contributed by atoms with van der Waals surface area (Å²) in [5.74, 6) is 0.378. The fraction of sp³-hybridized carbons (Fsp3) is 0.385. The Morgan fingerprint density at radius 1 is 1.39 bits per heavy atom. The summed E-state index contributed by atoms with van der Waals surface area (Å²) in [5, 5.41) is 2.37. The summed E-state index contributed by atoms with van der Waals surface area (Å²) >= 11 is 0. The van der Waals surface area contributed by atoms with Gasteiger partial charge in [-0.3, -0.25) is 14.9 Å². The fourth-order valence-electron chi connectivity index (χ4n) is 2.42. The van der Waals surface area contributed by atoms with Gasteiger partial charge < -0.3 is 9.64 Å². The van der Waals surface area contributed by atoms with Crippen LogP contribution in [0.4, 0.5) is 5.69 Å². The standard InChI is InChI=1S/C13H14N2O3/c1-8-2-3-9-11(6-8)18-7-15(9)10-4-5-12(16)14-13(10)17/h2-3,6,10H,4-5,7H2,1H3,(H,14,16,17). The van der Waals surface area contributed by atoms with Crippen LogP contribution in [0.25, 0.3) is 0 Å². The highest BCUT2D eigenvalue weighted by molar-refractivity contribution is 6.01.